The van der Waals surface area contributed by atoms with E-state index >= 15 is 0 Å². The molecule has 0 saturated carbocycles. The summed E-state index contributed by atoms with van der Waals surface area (Å²) in [6, 6.07) is 1.01. The molecule has 42 heavy (non-hydrogen) atoms. The smallest absolute Gasteiger partial charge is 0.318 e. The molecule has 1 N–H and O–H groups in total. The SMILES string of the molecule is Cc1cc(/C=C/C(F)(F)C(F)(F)C(F)(F)C(F)(F)C(F)(F)C(F)(F)C(F)(F)C(F)(F)F)cc(C)c1NC(=O)C(F)(F)F. The molecule has 242 valence electrons. The van der Waals surface area contributed by atoms with Crippen molar-refractivity contribution in [3.05, 3.63) is 34.9 Å². The van der Waals surface area contributed by atoms with Crippen LogP contribution in [0.2, 0.25) is 0 Å². The maximum absolute atomic E-state index is 14.0. The molecule has 0 aliphatic rings. The molecule has 0 fully saturated rings. The van der Waals surface area contributed by atoms with Crippen LogP contribution in [0.1, 0.15) is 16.7 Å². The predicted octanol–water partition coefficient (Wildman–Crippen LogP) is 8.83. The number of carbonyl (C=O) groups excluding carboxylic acids is 1. The van der Waals surface area contributed by atoms with Crippen LogP contribution in [0.4, 0.5) is 93.5 Å². The van der Waals surface area contributed by atoms with Crippen molar-refractivity contribution in [3.63, 3.8) is 0 Å². The van der Waals surface area contributed by atoms with E-state index in [1.165, 1.54) is 5.32 Å². The van der Waals surface area contributed by atoms with E-state index in [4.69, 9.17) is 0 Å². The summed E-state index contributed by atoms with van der Waals surface area (Å²) in [6.07, 6.45) is -15.1. The van der Waals surface area contributed by atoms with Gasteiger partial charge in [0.15, 0.2) is 0 Å². The molecule has 0 aliphatic heterocycles. The fourth-order valence-corrected chi connectivity index (χ4v) is 2.96. The van der Waals surface area contributed by atoms with Crippen molar-refractivity contribution in [1.29, 1.82) is 0 Å². The van der Waals surface area contributed by atoms with E-state index in [0.29, 0.717) is 12.1 Å². The summed E-state index contributed by atoms with van der Waals surface area (Å²) in [6.45, 7) is 1.74. The Kier molecular flexibility index (Phi) is 9.12. The molecule has 22 heteroatoms. The fourth-order valence-electron chi connectivity index (χ4n) is 2.96. The summed E-state index contributed by atoms with van der Waals surface area (Å²) in [7, 11) is 0. The molecule has 0 unspecified atom stereocenters. The highest BCUT2D eigenvalue weighted by Gasteiger charge is 2.95. The zero-order valence-electron chi connectivity index (χ0n) is 19.8. The largest absolute Gasteiger partial charge is 0.471 e. The van der Waals surface area contributed by atoms with E-state index in [2.05, 4.69) is 0 Å². The van der Waals surface area contributed by atoms with Gasteiger partial charge in [-0.15, -0.1) is 0 Å². The first-order valence-corrected chi connectivity index (χ1v) is 10.0. The van der Waals surface area contributed by atoms with Gasteiger partial charge in [0.05, 0.1) is 0 Å². The normalized spacial score (nSPS) is 15.4. The van der Waals surface area contributed by atoms with Gasteiger partial charge in [0, 0.05) is 5.69 Å². The van der Waals surface area contributed by atoms with Gasteiger partial charge in [-0.05, 0) is 48.7 Å². The van der Waals surface area contributed by atoms with Crippen LogP contribution in [0.15, 0.2) is 18.2 Å². The van der Waals surface area contributed by atoms with Gasteiger partial charge >= 0.3 is 59.7 Å². The minimum Gasteiger partial charge on any atom is -0.318 e. The first-order chi connectivity index (χ1) is 18.1. The molecule has 0 spiro atoms. The molecule has 0 radical (unpaired) electrons. The number of benzene rings is 1. The highest BCUT2D eigenvalue weighted by Crippen LogP contribution is 2.64. The van der Waals surface area contributed by atoms with Crippen LogP contribution in [-0.4, -0.2) is 59.7 Å². The standard InChI is InChI=1S/C20H11F20NO/c1-7-5-9(6-8(2)10(7)41-11(42)13(23,24)25)3-4-12(21,22)14(26,27)15(28,29)16(30,31)17(32,33)18(34,35)19(36,37)20(38,39)40/h3-6H,1-2H3,(H,41,42)/b4-3+. The fraction of sp³-hybridized carbons (Fsp3) is 0.550. The van der Waals surface area contributed by atoms with E-state index in [1.54, 1.807) is 0 Å². The number of allylic oxidation sites excluding steroid dienone is 1. The Morgan fingerprint density at radius 2 is 0.905 bits per heavy atom. The Hall–Kier alpha value is -2.97. The van der Waals surface area contributed by atoms with Crippen molar-refractivity contribution in [2.45, 2.75) is 67.7 Å². The van der Waals surface area contributed by atoms with Crippen LogP contribution in [0, 0.1) is 13.8 Å². The quantitative estimate of drug-likeness (QED) is 0.264. The molecule has 1 amide bonds. The second kappa shape index (κ2) is 10.3. The van der Waals surface area contributed by atoms with Gasteiger partial charge in [-0.25, -0.2) is 0 Å². The van der Waals surface area contributed by atoms with E-state index in [1.807, 2.05) is 0 Å². The number of carbonyl (C=O) groups is 1. The van der Waals surface area contributed by atoms with Crippen LogP contribution >= 0.6 is 0 Å². The van der Waals surface area contributed by atoms with Crippen molar-refractivity contribution < 1.29 is 92.6 Å². The summed E-state index contributed by atoms with van der Waals surface area (Å²) in [4.78, 5) is 11.0. The number of aryl methyl sites for hydroxylation is 2. The van der Waals surface area contributed by atoms with E-state index in [0.717, 1.165) is 13.8 Å². The van der Waals surface area contributed by atoms with Gasteiger partial charge in [0.1, 0.15) is 0 Å². The van der Waals surface area contributed by atoms with Gasteiger partial charge in [-0.1, -0.05) is 6.08 Å². The van der Waals surface area contributed by atoms with Crippen LogP contribution in [-0.2, 0) is 4.79 Å². The molecule has 0 heterocycles. The molecule has 2 nitrogen and oxygen atoms in total. The first-order valence-electron chi connectivity index (χ1n) is 10.0. The van der Waals surface area contributed by atoms with Crippen LogP contribution < -0.4 is 5.32 Å². The van der Waals surface area contributed by atoms with Crippen LogP contribution in [0.5, 0.6) is 0 Å². The minimum atomic E-state index is -8.75. The summed E-state index contributed by atoms with van der Waals surface area (Å²) < 4.78 is 264. The maximum Gasteiger partial charge on any atom is 0.471 e. The Morgan fingerprint density at radius 3 is 1.24 bits per heavy atom. The van der Waals surface area contributed by atoms with Crippen LogP contribution in [0.3, 0.4) is 0 Å². The van der Waals surface area contributed by atoms with Crippen molar-refractivity contribution in [2.24, 2.45) is 0 Å². The maximum atomic E-state index is 14.0. The third kappa shape index (κ3) is 5.68. The highest BCUT2D eigenvalue weighted by molar-refractivity contribution is 5.96. The molecule has 1 aromatic rings. The zero-order chi connectivity index (χ0) is 33.9. The first kappa shape index (κ1) is 37.1. The van der Waals surface area contributed by atoms with Gasteiger partial charge < -0.3 is 5.32 Å². The van der Waals surface area contributed by atoms with Crippen molar-refractivity contribution in [1.82, 2.24) is 0 Å². The summed E-state index contributed by atoms with van der Waals surface area (Å²) >= 11 is 0. The number of hydrogen-bond donors (Lipinski definition) is 1. The molecule has 0 atom stereocenters. The van der Waals surface area contributed by atoms with Crippen molar-refractivity contribution in [3.8, 4) is 0 Å². The van der Waals surface area contributed by atoms with Gasteiger partial charge in [0.2, 0.25) is 0 Å². The number of halogens is 20. The van der Waals surface area contributed by atoms with E-state index < -0.39 is 88.2 Å². The second-order valence-electron chi connectivity index (χ2n) is 8.38. The lowest BCUT2D eigenvalue weighted by Crippen LogP contribution is -2.74. The highest BCUT2D eigenvalue weighted by atomic mass is 19.4. The number of hydrogen-bond acceptors (Lipinski definition) is 1. The average molecular weight is 661 g/mol. The summed E-state index contributed by atoms with van der Waals surface area (Å²) in [5.74, 6) is -60.1. The monoisotopic (exact) mass is 661 g/mol. The number of nitrogens with one attached hydrogen (secondary N) is 1. The molecular weight excluding hydrogens is 650 g/mol. The Labute approximate surface area is 219 Å². The van der Waals surface area contributed by atoms with Gasteiger partial charge in [0.25, 0.3) is 0 Å². The van der Waals surface area contributed by atoms with E-state index in [9.17, 15) is 92.6 Å². The predicted molar refractivity (Wildman–Crippen MR) is 100 cm³/mol. The third-order valence-corrected chi connectivity index (χ3v) is 5.28. The summed E-state index contributed by atoms with van der Waals surface area (Å²) in [5, 5.41) is 1.33. The molecule has 0 aromatic heterocycles. The Morgan fingerprint density at radius 1 is 0.571 bits per heavy atom. The molecule has 1 aromatic carbocycles. The third-order valence-electron chi connectivity index (χ3n) is 5.28. The van der Waals surface area contributed by atoms with Crippen molar-refractivity contribution >= 4 is 17.7 Å². The van der Waals surface area contributed by atoms with E-state index in [-0.39, 0.29) is 6.08 Å². The molecule has 0 saturated heterocycles. The second-order valence-corrected chi connectivity index (χ2v) is 8.38. The number of rotatable bonds is 9. The zero-order valence-corrected chi connectivity index (χ0v) is 19.8. The van der Waals surface area contributed by atoms with Crippen LogP contribution in [0.25, 0.3) is 6.08 Å². The molecular formula is C20H11F20NO. The molecule has 1 rings (SSSR count). The van der Waals surface area contributed by atoms with Gasteiger partial charge in [-0.3, -0.25) is 4.79 Å². The topological polar surface area (TPSA) is 29.1 Å². The lowest BCUT2D eigenvalue weighted by atomic mass is 9.88. The molecule has 0 aliphatic carbocycles. The lowest BCUT2D eigenvalue weighted by Gasteiger charge is -2.42. The number of alkyl halides is 20. The Balaban J connectivity index is 3.57. The average Bonchev–Trinajstić information content (AvgIpc) is 2.77. The number of anilines is 1. The number of amides is 1. The minimum absolute atomic E-state index is 0.345. The van der Waals surface area contributed by atoms with Crippen molar-refractivity contribution in [2.75, 3.05) is 5.32 Å². The molecule has 0 bridgehead atoms. The lowest BCUT2D eigenvalue weighted by molar-refractivity contribution is -0.459. The summed E-state index contributed by atoms with van der Waals surface area (Å²) in [5.41, 5.74) is -2.39. The van der Waals surface area contributed by atoms with Gasteiger partial charge in [-0.2, -0.15) is 87.8 Å². The Bertz CT molecular complexity index is 1180.